The van der Waals surface area contributed by atoms with E-state index in [0.29, 0.717) is 12.0 Å². The highest BCUT2D eigenvalue weighted by molar-refractivity contribution is 5.95. The number of carbonyl (C=O) groups is 4. The van der Waals surface area contributed by atoms with Gasteiger partial charge in [0, 0.05) is 29.9 Å². The minimum Gasteiger partial charge on any atom is -0.508 e. The molecular weight excluding hydrogens is 542 g/mol. The minimum absolute atomic E-state index is 0.0174. The lowest BCUT2D eigenvalue weighted by Crippen LogP contribution is -2.59. The average Bonchev–Trinajstić information content (AvgIpc) is 3.37. The highest BCUT2D eigenvalue weighted by Gasteiger charge is 2.33. The van der Waals surface area contributed by atoms with Gasteiger partial charge in [0.25, 0.3) is 0 Å². The Balaban J connectivity index is 1.93. The Morgan fingerprint density at radius 1 is 0.881 bits per heavy atom. The summed E-state index contributed by atoms with van der Waals surface area (Å²) < 4.78 is 0. The lowest BCUT2D eigenvalue weighted by atomic mass is 9.97. The molecule has 12 nitrogen and oxygen atoms in total. The number of hydrogen-bond donors (Lipinski definition) is 8. The molecule has 6 atom stereocenters. The van der Waals surface area contributed by atoms with Crippen molar-refractivity contribution in [2.75, 3.05) is 0 Å². The number of para-hydroxylation sites is 1. The van der Waals surface area contributed by atoms with E-state index >= 15 is 0 Å². The summed E-state index contributed by atoms with van der Waals surface area (Å²) in [5.74, 6) is -3.74. The van der Waals surface area contributed by atoms with E-state index < -0.39 is 54.0 Å². The van der Waals surface area contributed by atoms with Crippen molar-refractivity contribution in [1.82, 2.24) is 20.9 Å². The molecule has 226 valence electrons. The number of aromatic nitrogens is 1. The Morgan fingerprint density at radius 2 is 1.48 bits per heavy atom. The van der Waals surface area contributed by atoms with Gasteiger partial charge < -0.3 is 42.0 Å². The van der Waals surface area contributed by atoms with E-state index in [4.69, 9.17) is 5.73 Å². The van der Waals surface area contributed by atoms with Gasteiger partial charge in [-0.1, -0.05) is 50.6 Å². The van der Waals surface area contributed by atoms with E-state index in [1.165, 1.54) is 19.1 Å². The molecule has 2 aromatic carbocycles. The number of benzene rings is 2. The second kappa shape index (κ2) is 14.5. The van der Waals surface area contributed by atoms with Crippen molar-refractivity contribution >= 4 is 34.6 Å². The standard InChI is InChI=1S/C30H39N5O7/c1-4-16(2)26(30(41)42)35-28(39)24(14-19-15-32-22-8-6-5-7-21(19)22)33-27(38)23(34-29(40)25(31)17(3)36)13-18-9-11-20(37)12-10-18/h5-12,15-17,23-26,32,36-37H,4,13-14,31H2,1-3H3,(H,33,38)(H,34,40)(H,35,39)(H,41,42). The quantitative estimate of drug-likeness (QED) is 0.137. The molecule has 0 aliphatic heterocycles. The van der Waals surface area contributed by atoms with Crippen molar-refractivity contribution in [1.29, 1.82) is 0 Å². The third kappa shape index (κ3) is 8.30. The Bertz CT molecular complexity index is 1390. The molecule has 0 saturated carbocycles. The largest absolute Gasteiger partial charge is 0.508 e. The zero-order valence-corrected chi connectivity index (χ0v) is 23.8. The Hall–Kier alpha value is -4.42. The van der Waals surface area contributed by atoms with E-state index in [1.54, 1.807) is 25.3 Å². The number of nitrogens with one attached hydrogen (secondary N) is 4. The Morgan fingerprint density at radius 3 is 2.10 bits per heavy atom. The van der Waals surface area contributed by atoms with Gasteiger partial charge in [-0.05, 0) is 42.2 Å². The number of fused-ring (bicyclic) bond motifs is 1. The van der Waals surface area contributed by atoms with Crippen LogP contribution < -0.4 is 21.7 Å². The SMILES string of the molecule is CCC(C)C(NC(=O)C(Cc1c[nH]c2ccccc12)NC(=O)C(Cc1ccc(O)cc1)NC(=O)C(N)C(C)O)C(=O)O. The van der Waals surface area contributed by atoms with Crippen LogP contribution in [0.3, 0.4) is 0 Å². The smallest absolute Gasteiger partial charge is 0.326 e. The number of nitrogens with two attached hydrogens (primary N) is 1. The molecule has 0 fully saturated rings. The maximum Gasteiger partial charge on any atom is 0.326 e. The van der Waals surface area contributed by atoms with Gasteiger partial charge >= 0.3 is 5.97 Å². The number of rotatable bonds is 14. The molecule has 3 aromatic rings. The van der Waals surface area contributed by atoms with Crippen LogP contribution in [0.1, 0.15) is 38.3 Å². The van der Waals surface area contributed by atoms with Gasteiger partial charge in [0.05, 0.1) is 6.10 Å². The van der Waals surface area contributed by atoms with Gasteiger partial charge in [-0.25, -0.2) is 4.79 Å². The number of amides is 3. The molecule has 1 aromatic heterocycles. The summed E-state index contributed by atoms with van der Waals surface area (Å²) in [6, 6.07) is 8.54. The van der Waals surface area contributed by atoms with Gasteiger partial charge in [0.1, 0.15) is 29.9 Å². The fourth-order valence-electron chi connectivity index (χ4n) is 4.50. The van der Waals surface area contributed by atoms with Crippen molar-refractivity contribution in [3.8, 4) is 5.75 Å². The molecular formula is C30H39N5O7. The number of carboxylic acids is 1. The van der Waals surface area contributed by atoms with Crippen molar-refractivity contribution in [3.63, 3.8) is 0 Å². The van der Waals surface area contributed by atoms with Crippen molar-refractivity contribution in [2.45, 2.75) is 70.3 Å². The molecule has 0 saturated heterocycles. The molecule has 0 aliphatic carbocycles. The fraction of sp³-hybridized carbons (Fsp3) is 0.400. The zero-order chi connectivity index (χ0) is 31.0. The number of aliphatic carboxylic acids is 1. The number of aliphatic hydroxyl groups excluding tert-OH is 1. The van der Waals surface area contributed by atoms with Crippen LogP contribution in [0.4, 0.5) is 0 Å². The Labute approximate surface area is 243 Å². The highest BCUT2D eigenvalue weighted by Crippen LogP contribution is 2.20. The van der Waals surface area contributed by atoms with Crippen LogP contribution in [0.5, 0.6) is 5.75 Å². The first-order valence-corrected chi connectivity index (χ1v) is 13.8. The zero-order valence-electron chi connectivity index (χ0n) is 23.8. The second-order valence-corrected chi connectivity index (χ2v) is 10.5. The van der Waals surface area contributed by atoms with Crippen LogP contribution in [-0.2, 0) is 32.0 Å². The summed E-state index contributed by atoms with van der Waals surface area (Å²) in [6.45, 7) is 4.87. The maximum absolute atomic E-state index is 13.7. The molecule has 0 spiro atoms. The predicted molar refractivity (Wildman–Crippen MR) is 156 cm³/mol. The number of aromatic amines is 1. The summed E-state index contributed by atoms with van der Waals surface area (Å²) in [5, 5.41) is 37.8. The lowest BCUT2D eigenvalue weighted by Gasteiger charge is -2.27. The second-order valence-electron chi connectivity index (χ2n) is 10.5. The van der Waals surface area contributed by atoms with E-state index in [0.717, 1.165) is 16.5 Å². The molecule has 0 bridgehead atoms. The number of carbonyl (C=O) groups excluding carboxylic acids is 3. The highest BCUT2D eigenvalue weighted by atomic mass is 16.4. The summed E-state index contributed by atoms with van der Waals surface area (Å²) >= 11 is 0. The van der Waals surface area contributed by atoms with Crippen LogP contribution in [0.15, 0.2) is 54.7 Å². The van der Waals surface area contributed by atoms with E-state index in [2.05, 4.69) is 20.9 Å². The van der Waals surface area contributed by atoms with E-state index in [9.17, 15) is 34.5 Å². The first kappa shape index (κ1) is 32.1. The molecule has 3 amide bonds. The molecule has 0 aliphatic rings. The molecule has 1 heterocycles. The van der Waals surface area contributed by atoms with Crippen LogP contribution in [0.25, 0.3) is 10.9 Å². The number of hydrogen-bond acceptors (Lipinski definition) is 7. The van der Waals surface area contributed by atoms with Crippen LogP contribution in [0.2, 0.25) is 0 Å². The van der Waals surface area contributed by atoms with Gasteiger partial charge in [0.15, 0.2) is 0 Å². The predicted octanol–water partition coefficient (Wildman–Crippen LogP) is 0.952. The third-order valence-corrected chi connectivity index (χ3v) is 7.34. The summed E-state index contributed by atoms with van der Waals surface area (Å²) in [4.78, 5) is 55.0. The van der Waals surface area contributed by atoms with Crippen molar-refractivity contribution in [3.05, 3.63) is 65.9 Å². The van der Waals surface area contributed by atoms with Gasteiger partial charge in [-0.15, -0.1) is 0 Å². The number of phenols is 1. The number of phenolic OH excluding ortho intramolecular Hbond substituents is 1. The average molecular weight is 582 g/mol. The third-order valence-electron chi connectivity index (χ3n) is 7.34. The van der Waals surface area contributed by atoms with Crippen LogP contribution >= 0.6 is 0 Å². The van der Waals surface area contributed by atoms with Crippen molar-refractivity contribution in [2.24, 2.45) is 11.7 Å². The lowest BCUT2D eigenvalue weighted by molar-refractivity contribution is -0.143. The van der Waals surface area contributed by atoms with E-state index in [-0.39, 0.29) is 24.5 Å². The summed E-state index contributed by atoms with van der Waals surface area (Å²) in [6.07, 6.45) is 1.05. The molecule has 0 radical (unpaired) electrons. The normalized spacial score (nSPS) is 15.5. The molecule has 42 heavy (non-hydrogen) atoms. The number of aliphatic hydroxyl groups is 1. The van der Waals surface area contributed by atoms with Crippen LogP contribution in [0, 0.1) is 5.92 Å². The monoisotopic (exact) mass is 581 g/mol. The molecule has 12 heteroatoms. The number of H-pyrrole nitrogens is 1. The molecule has 9 N–H and O–H groups in total. The first-order valence-electron chi connectivity index (χ1n) is 13.8. The Kier molecular flexibility index (Phi) is 11.1. The maximum atomic E-state index is 13.7. The van der Waals surface area contributed by atoms with E-state index in [1.807, 2.05) is 31.2 Å². The number of aromatic hydroxyl groups is 1. The van der Waals surface area contributed by atoms with Crippen molar-refractivity contribution < 1.29 is 34.5 Å². The molecule has 6 unspecified atom stereocenters. The minimum atomic E-state index is -1.31. The topological polar surface area (TPSA) is 207 Å². The van der Waals surface area contributed by atoms with Crippen LogP contribution in [-0.4, -0.2) is 74.3 Å². The van der Waals surface area contributed by atoms with Gasteiger partial charge in [-0.2, -0.15) is 0 Å². The summed E-state index contributed by atoms with van der Waals surface area (Å²) in [7, 11) is 0. The molecule has 3 rings (SSSR count). The van der Waals surface area contributed by atoms with Gasteiger partial charge in [0.2, 0.25) is 17.7 Å². The van der Waals surface area contributed by atoms with Gasteiger partial charge in [-0.3, -0.25) is 14.4 Å². The summed E-state index contributed by atoms with van der Waals surface area (Å²) in [5.41, 5.74) is 7.93. The first-order chi connectivity index (χ1) is 19.9. The number of carboxylic acid groups (broad SMARTS) is 1. The fourth-order valence-corrected chi connectivity index (χ4v) is 4.50.